The summed E-state index contributed by atoms with van der Waals surface area (Å²) in [6.45, 7) is 4.31. The summed E-state index contributed by atoms with van der Waals surface area (Å²) in [4.78, 5) is 56.8. The average Bonchev–Trinajstić information content (AvgIpc) is 3.61. The Hall–Kier alpha value is -3.52. The number of likely N-dealkylation sites (tertiary alicyclic amines) is 2. The van der Waals surface area contributed by atoms with Gasteiger partial charge in [-0.2, -0.15) is 0 Å². The molecule has 208 valence electrons. The number of benzene rings is 2. The predicted octanol–water partition coefficient (Wildman–Crippen LogP) is 2.83. The third-order valence-corrected chi connectivity index (χ3v) is 8.34. The van der Waals surface area contributed by atoms with Gasteiger partial charge in [0.25, 0.3) is 0 Å². The maximum atomic E-state index is 14.3. The number of hydrogen-bond donors (Lipinski definition) is 2. The molecule has 39 heavy (non-hydrogen) atoms. The molecule has 6 atom stereocenters. The molecule has 8 heteroatoms. The van der Waals surface area contributed by atoms with Crippen LogP contribution in [0, 0.1) is 5.92 Å². The molecule has 2 aliphatic heterocycles. The van der Waals surface area contributed by atoms with E-state index in [2.05, 4.69) is 5.32 Å². The van der Waals surface area contributed by atoms with Crippen LogP contribution in [-0.2, 0) is 19.2 Å². The lowest BCUT2D eigenvalue weighted by molar-refractivity contribution is -0.148. The maximum absolute atomic E-state index is 14.3. The Labute approximate surface area is 230 Å². The number of carbonyl (C=O) groups is 4. The second-order valence-electron chi connectivity index (χ2n) is 10.9. The fourth-order valence-electron chi connectivity index (χ4n) is 6.00. The lowest BCUT2D eigenvalue weighted by Crippen LogP contribution is -2.53. The smallest absolute Gasteiger partial charge is 0.246 e. The average molecular weight is 533 g/mol. The van der Waals surface area contributed by atoms with Crippen LogP contribution in [0.25, 0.3) is 0 Å². The van der Waals surface area contributed by atoms with E-state index >= 15 is 0 Å². The zero-order valence-electron chi connectivity index (χ0n) is 23.1. The van der Waals surface area contributed by atoms with Crippen LogP contribution >= 0.6 is 0 Å². The highest BCUT2D eigenvalue weighted by Gasteiger charge is 2.48. The van der Waals surface area contributed by atoms with E-state index in [4.69, 9.17) is 5.73 Å². The topological polar surface area (TPSA) is 113 Å². The Morgan fingerprint density at radius 3 is 1.87 bits per heavy atom. The molecule has 2 aromatic rings. The minimum atomic E-state index is -0.705. The van der Waals surface area contributed by atoms with Crippen LogP contribution in [0.1, 0.15) is 62.5 Å². The van der Waals surface area contributed by atoms with Gasteiger partial charge in [-0.3, -0.25) is 19.2 Å². The SMILES string of the molecule is CC[C@H](CC(=O)[C@H](C)N)C(=O)N1C[C@@H](c2ccccc2)C[C@H]1C(=O)N1C[C@@H](c2ccccc2)C[C@H]1C(=O)NC. The van der Waals surface area contributed by atoms with E-state index in [0.29, 0.717) is 32.4 Å². The molecule has 2 aromatic carbocycles. The molecule has 4 rings (SSSR count). The highest BCUT2D eigenvalue weighted by molar-refractivity contribution is 5.95. The third-order valence-electron chi connectivity index (χ3n) is 8.34. The summed E-state index contributed by atoms with van der Waals surface area (Å²) >= 11 is 0. The summed E-state index contributed by atoms with van der Waals surface area (Å²) in [6.07, 6.45) is 1.53. The molecular weight excluding hydrogens is 492 g/mol. The summed E-state index contributed by atoms with van der Waals surface area (Å²) < 4.78 is 0. The van der Waals surface area contributed by atoms with Crippen molar-refractivity contribution < 1.29 is 19.2 Å². The summed E-state index contributed by atoms with van der Waals surface area (Å²) in [5.74, 6) is -1.30. The Morgan fingerprint density at radius 2 is 1.38 bits per heavy atom. The number of nitrogens with two attached hydrogens (primary N) is 1. The van der Waals surface area contributed by atoms with E-state index in [1.165, 1.54) is 0 Å². The van der Waals surface area contributed by atoms with Gasteiger partial charge in [0.2, 0.25) is 17.7 Å². The van der Waals surface area contributed by atoms with Crippen LogP contribution in [0.5, 0.6) is 0 Å². The number of likely N-dealkylation sites (N-methyl/N-ethyl adjacent to an activating group) is 1. The van der Waals surface area contributed by atoms with Crippen molar-refractivity contribution in [3.63, 3.8) is 0 Å². The fraction of sp³-hybridized carbons (Fsp3) is 0.484. The van der Waals surface area contributed by atoms with Crippen molar-refractivity contribution in [2.75, 3.05) is 20.1 Å². The highest BCUT2D eigenvalue weighted by atomic mass is 16.2. The number of nitrogens with zero attached hydrogens (tertiary/aromatic N) is 2. The van der Waals surface area contributed by atoms with Crippen molar-refractivity contribution >= 4 is 23.5 Å². The van der Waals surface area contributed by atoms with Gasteiger partial charge in [0, 0.05) is 44.3 Å². The molecule has 0 unspecified atom stereocenters. The largest absolute Gasteiger partial charge is 0.357 e. The molecule has 0 aromatic heterocycles. The quantitative estimate of drug-likeness (QED) is 0.516. The van der Waals surface area contributed by atoms with Crippen LogP contribution in [0.15, 0.2) is 60.7 Å². The third kappa shape index (κ3) is 6.22. The molecule has 0 bridgehead atoms. The Balaban J connectivity index is 1.64. The second-order valence-corrected chi connectivity index (χ2v) is 10.9. The molecule has 2 fully saturated rings. The minimum absolute atomic E-state index is 0.0169. The minimum Gasteiger partial charge on any atom is -0.357 e. The zero-order chi connectivity index (χ0) is 28.1. The van der Waals surface area contributed by atoms with Crippen molar-refractivity contribution in [3.8, 4) is 0 Å². The van der Waals surface area contributed by atoms with Crippen LogP contribution < -0.4 is 11.1 Å². The van der Waals surface area contributed by atoms with Gasteiger partial charge in [0.1, 0.15) is 17.9 Å². The first-order chi connectivity index (χ1) is 18.7. The van der Waals surface area contributed by atoms with Crippen molar-refractivity contribution in [1.82, 2.24) is 15.1 Å². The number of nitrogens with one attached hydrogen (secondary N) is 1. The van der Waals surface area contributed by atoms with Gasteiger partial charge in [-0.1, -0.05) is 67.6 Å². The first-order valence-electron chi connectivity index (χ1n) is 14.0. The summed E-state index contributed by atoms with van der Waals surface area (Å²) in [6, 6.07) is 17.9. The molecule has 0 radical (unpaired) electrons. The Kier molecular flexibility index (Phi) is 9.17. The number of Topliss-reactive ketones (excluding diaryl/α,β-unsaturated/α-hetero) is 1. The van der Waals surface area contributed by atoms with Crippen LogP contribution in [0.4, 0.5) is 0 Å². The highest BCUT2D eigenvalue weighted by Crippen LogP contribution is 2.38. The van der Waals surface area contributed by atoms with Crippen molar-refractivity contribution in [1.29, 1.82) is 0 Å². The maximum Gasteiger partial charge on any atom is 0.246 e. The molecule has 8 nitrogen and oxygen atoms in total. The van der Waals surface area contributed by atoms with E-state index in [1.807, 2.05) is 67.6 Å². The zero-order valence-corrected chi connectivity index (χ0v) is 23.1. The van der Waals surface area contributed by atoms with Gasteiger partial charge in [-0.15, -0.1) is 0 Å². The number of amides is 3. The molecule has 3 amide bonds. The summed E-state index contributed by atoms with van der Waals surface area (Å²) in [5.41, 5.74) is 7.95. The monoisotopic (exact) mass is 532 g/mol. The molecule has 0 aliphatic carbocycles. The first-order valence-corrected chi connectivity index (χ1v) is 14.0. The lowest BCUT2D eigenvalue weighted by Gasteiger charge is -2.32. The standard InChI is InChI=1S/C31H40N4O4/c1-4-21(17-28(36)20(2)32)30(38)35-19-25(23-13-9-6-10-14-23)16-27(35)31(39)34-18-24(15-26(34)29(37)33-3)22-11-7-5-8-12-22/h5-14,20-21,24-27H,4,15-19,32H2,1-3H3,(H,33,37)/t20-,21+,24-,25-,26-,27-/m0/s1. The predicted molar refractivity (Wildman–Crippen MR) is 150 cm³/mol. The molecular formula is C31H40N4O4. The van der Waals surface area contributed by atoms with Crippen molar-refractivity contribution in [2.45, 2.75) is 69.5 Å². The van der Waals surface area contributed by atoms with Gasteiger partial charge in [0.15, 0.2) is 0 Å². The lowest BCUT2D eigenvalue weighted by atomic mass is 9.95. The normalized spacial score (nSPS) is 24.3. The van der Waals surface area contributed by atoms with Gasteiger partial charge >= 0.3 is 0 Å². The van der Waals surface area contributed by atoms with Crippen molar-refractivity contribution in [2.24, 2.45) is 11.7 Å². The van der Waals surface area contributed by atoms with E-state index in [9.17, 15) is 19.2 Å². The number of carbonyl (C=O) groups excluding carboxylic acids is 4. The van der Waals surface area contributed by atoms with E-state index < -0.39 is 24.0 Å². The molecule has 2 saturated heterocycles. The van der Waals surface area contributed by atoms with Crippen LogP contribution in [0.3, 0.4) is 0 Å². The molecule has 3 N–H and O–H groups in total. The molecule has 0 saturated carbocycles. The van der Waals surface area contributed by atoms with Gasteiger partial charge in [-0.05, 0) is 37.3 Å². The second kappa shape index (κ2) is 12.6. The Morgan fingerprint density at radius 1 is 0.872 bits per heavy atom. The number of rotatable bonds is 9. The first kappa shape index (κ1) is 28.5. The summed E-state index contributed by atoms with van der Waals surface area (Å²) in [7, 11) is 1.58. The van der Waals surface area contributed by atoms with Crippen molar-refractivity contribution in [3.05, 3.63) is 71.8 Å². The molecule has 2 heterocycles. The van der Waals surface area contributed by atoms with Crippen LogP contribution in [0.2, 0.25) is 0 Å². The molecule has 0 spiro atoms. The van der Waals surface area contributed by atoms with E-state index in [-0.39, 0.29) is 41.8 Å². The number of ketones is 1. The summed E-state index contributed by atoms with van der Waals surface area (Å²) in [5, 5.41) is 2.72. The van der Waals surface area contributed by atoms with Gasteiger partial charge in [-0.25, -0.2) is 0 Å². The fourth-order valence-corrected chi connectivity index (χ4v) is 6.00. The van der Waals surface area contributed by atoms with E-state index in [1.54, 1.807) is 23.8 Å². The Bertz CT molecular complexity index is 1170. The molecule has 2 aliphatic rings. The van der Waals surface area contributed by atoms with Crippen LogP contribution in [-0.4, -0.2) is 71.6 Å². The number of hydrogen-bond acceptors (Lipinski definition) is 5. The van der Waals surface area contributed by atoms with Gasteiger partial charge in [0.05, 0.1) is 6.04 Å². The van der Waals surface area contributed by atoms with E-state index in [0.717, 1.165) is 11.1 Å². The van der Waals surface area contributed by atoms with Gasteiger partial charge < -0.3 is 20.9 Å².